The molecule has 2 atom stereocenters. The van der Waals surface area contributed by atoms with Crippen molar-refractivity contribution in [2.75, 3.05) is 11.9 Å². The first-order valence-electron chi connectivity index (χ1n) is 9.32. The van der Waals surface area contributed by atoms with E-state index in [0.29, 0.717) is 31.5 Å². The fourth-order valence-corrected chi connectivity index (χ4v) is 2.82. The minimum absolute atomic E-state index is 0.232. The highest BCUT2D eigenvalue weighted by Gasteiger charge is 2.24. The lowest BCUT2D eigenvalue weighted by Crippen LogP contribution is -2.50. The third kappa shape index (κ3) is 6.30. The predicted octanol–water partition coefficient (Wildman–Crippen LogP) is 1.77. The van der Waals surface area contributed by atoms with E-state index in [1.807, 2.05) is 44.2 Å². The van der Waals surface area contributed by atoms with Gasteiger partial charge in [-0.2, -0.15) is 0 Å². The molecule has 0 bridgehead atoms. The van der Waals surface area contributed by atoms with E-state index in [0.717, 1.165) is 10.9 Å². The maximum Gasteiger partial charge on any atom is 0.247 e. The third-order valence-corrected chi connectivity index (χ3v) is 4.25. The van der Waals surface area contributed by atoms with Crippen LogP contribution in [0.15, 0.2) is 36.5 Å². The number of carbonyl (C=O) groups excluding carboxylic acids is 2. The lowest BCUT2D eigenvalue weighted by molar-refractivity contribution is -0.127. The molecule has 0 radical (unpaired) electrons. The lowest BCUT2D eigenvalue weighted by Gasteiger charge is -2.22. The third-order valence-electron chi connectivity index (χ3n) is 4.25. The number of benzene rings is 1. The second-order valence-electron chi connectivity index (χ2n) is 7.13. The molecule has 2 rings (SSSR count). The molecule has 0 aliphatic heterocycles. The minimum Gasteiger partial charge on any atom is -0.343 e. The van der Waals surface area contributed by atoms with Gasteiger partial charge in [0.05, 0.1) is 23.4 Å². The number of aromatic nitrogens is 1. The van der Waals surface area contributed by atoms with Crippen LogP contribution in [0.25, 0.3) is 10.9 Å². The Bertz CT molecular complexity index is 778. The van der Waals surface area contributed by atoms with Crippen molar-refractivity contribution in [3.8, 4) is 0 Å². The first-order chi connectivity index (χ1) is 12.9. The van der Waals surface area contributed by atoms with E-state index in [1.165, 1.54) is 0 Å². The topological polar surface area (TPSA) is 123 Å². The Morgan fingerprint density at radius 1 is 1.19 bits per heavy atom. The number of carbonyl (C=O) groups is 2. The minimum atomic E-state index is -0.668. The molecule has 0 saturated heterocycles. The predicted molar refractivity (Wildman–Crippen MR) is 108 cm³/mol. The number of anilines is 1. The first-order valence-corrected chi connectivity index (χ1v) is 9.32. The number of nitrogens with one attached hydrogen (secondary N) is 2. The van der Waals surface area contributed by atoms with Gasteiger partial charge in [-0.25, -0.2) is 0 Å². The highest BCUT2D eigenvalue weighted by molar-refractivity contribution is 5.98. The molecule has 2 aromatic rings. The molecule has 0 saturated carbocycles. The highest BCUT2D eigenvalue weighted by Crippen LogP contribution is 2.17. The van der Waals surface area contributed by atoms with Gasteiger partial charge in [-0.3, -0.25) is 14.6 Å². The number of para-hydroxylation sites is 1. The van der Waals surface area contributed by atoms with Crippen LogP contribution in [0.3, 0.4) is 0 Å². The van der Waals surface area contributed by atoms with Crippen molar-refractivity contribution >= 4 is 28.4 Å². The molecule has 27 heavy (non-hydrogen) atoms. The summed E-state index contributed by atoms with van der Waals surface area (Å²) < 4.78 is 0. The molecule has 0 aliphatic carbocycles. The van der Waals surface area contributed by atoms with Gasteiger partial charge in [-0.15, -0.1) is 0 Å². The zero-order valence-electron chi connectivity index (χ0n) is 15.9. The molecule has 2 amide bonds. The van der Waals surface area contributed by atoms with Crippen molar-refractivity contribution < 1.29 is 9.59 Å². The first kappa shape index (κ1) is 20.8. The quantitative estimate of drug-likeness (QED) is 0.535. The van der Waals surface area contributed by atoms with Gasteiger partial charge >= 0.3 is 0 Å². The second-order valence-corrected chi connectivity index (χ2v) is 7.13. The van der Waals surface area contributed by atoms with Gasteiger partial charge in [0, 0.05) is 5.39 Å². The monoisotopic (exact) mass is 371 g/mol. The Hall–Kier alpha value is -2.51. The van der Waals surface area contributed by atoms with Crippen LogP contribution in [0.5, 0.6) is 0 Å². The van der Waals surface area contributed by atoms with Crippen molar-refractivity contribution in [2.24, 2.45) is 17.4 Å². The maximum absolute atomic E-state index is 12.7. The average Bonchev–Trinajstić information content (AvgIpc) is 2.64. The summed E-state index contributed by atoms with van der Waals surface area (Å²) in [5.41, 5.74) is 12.8. The van der Waals surface area contributed by atoms with E-state index >= 15 is 0 Å². The number of pyridine rings is 1. The van der Waals surface area contributed by atoms with Crippen LogP contribution < -0.4 is 22.1 Å². The Morgan fingerprint density at radius 3 is 2.63 bits per heavy atom. The summed E-state index contributed by atoms with van der Waals surface area (Å²) in [5, 5.41) is 6.56. The van der Waals surface area contributed by atoms with Crippen LogP contribution in [0.4, 0.5) is 5.69 Å². The molecule has 7 heteroatoms. The normalized spacial score (nSPS) is 13.4. The van der Waals surface area contributed by atoms with Crippen LogP contribution in [-0.2, 0) is 9.59 Å². The molecule has 1 aromatic heterocycles. The number of rotatable bonds is 9. The number of fused-ring (bicyclic) bond motifs is 1. The summed E-state index contributed by atoms with van der Waals surface area (Å²) in [6.45, 7) is 4.47. The van der Waals surface area contributed by atoms with Crippen LogP contribution in [0.2, 0.25) is 0 Å². The van der Waals surface area contributed by atoms with E-state index in [1.54, 1.807) is 6.20 Å². The Balaban J connectivity index is 2.07. The second kappa shape index (κ2) is 9.99. The number of nitrogens with zero attached hydrogens (tertiary/aromatic N) is 1. The molecule has 0 spiro atoms. The van der Waals surface area contributed by atoms with Crippen molar-refractivity contribution in [1.82, 2.24) is 10.3 Å². The van der Waals surface area contributed by atoms with E-state index in [9.17, 15) is 9.59 Å². The van der Waals surface area contributed by atoms with E-state index in [-0.39, 0.29) is 17.7 Å². The molecular weight excluding hydrogens is 342 g/mol. The van der Waals surface area contributed by atoms with Crippen LogP contribution in [0.1, 0.15) is 33.1 Å². The molecule has 0 unspecified atom stereocenters. The van der Waals surface area contributed by atoms with Crippen molar-refractivity contribution in [1.29, 1.82) is 0 Å². The lowest BCUT2D eigenvalue weighted by atomic mass is 10.0. The van der Waals surface area contributed by atoms with E-state index < -0.39 is 12.1 Å². The molecule has 146 valence electrons. The Labute approximate surface area is 159 Å². The fraction of sp³-hybridized carbons (Fsp3) is 0.450. The number of amides is 2. The van der Waals surface area contributed by atoms with Crippen molar-refractivity contribution in [3.05, 3.63) is 36.5 Å². The van der Waals surface area contributed by atoms with Gasteiger partial charge in [0.1, 0.15) is 6.04 Å². The number of hydrogen-bond donors (Lipinski definition) is 4. The summed E-state index contributed by atoms with van der Waals surface area (Å²) >= 11 is 0. The molecule has 6 N–H and O–H groups in total. The Kier molecular flexibility index (Phi) is 7.69. The van der Waals surface area contributed by atoms with Gasteiger partial charge in [0.2, 0.25) is 11.8 Å². The summed E-state index contributed by atoms with van der Waals surface area (Å²) in [4.78, 5) is 29.4. The smallest absolute Gasteiger partial charge is 0.247 e. The fourth-order valence-electron chi connectivity index (χ4n) is 2.82. The van der Waals surface area contributed by atoms with Crippen LogP contribution >= 0.6 is 0 Å². The summed E-state index contributed by atoms with van der Waals surface area (Å²) in [5.74, 6) is -0.378. The molecule has 7 nitrogen and oxygen atoms in total. The van der Waals surface area contributed by atoms with Gasteiger partial charge in [0.25, 0.3) is 0 Å². The Morgan fingerprint density at radius 2 is 1.93 bits per heavy atom. The number of nitrogens with two attached hydrogens (primary N) is 2. The average molecular weight is 371 g/mol. The molecular formula is C20H29N5O2. The zero-order valence-corrected chi connectivity index (χ0v) is 15.9. The highest BCUT2D eigenvalue weighted by atomic mass is 16.2. The summed E-state index contributed by atoms with van der Waals surface area (Å²) in [6.07, 6.45) is 3.29. The van der Waals surface area contributed by atoms with E-state index in [2.05, 4.69) is 15.6 Å². The zero-order chi connectivity index (χ0) is 19.8. The largest absolute Gasteiger partial charge is 0.343 e. The van der Waals surface area contributed by atoms with Crippen molar-refractivity contribution in [2.45, 2.75) is 45.2 Å². The molecule has 1 heterocycles. The number of hydrogen-bond acceptors (Lipinski definition) is 5. The van der Waals surface area contributed by atoms with Gasteiger partial charge in [0.15, 0.2) is 0 Å². The summed E-state index contributed by atoms with van der Waals surface area (Å²) in [7, 11) is 0. The van der Waals surface area contributed by atoms with Gasteiger partial charge in [-0.1, -0.05) is 32.0 Å². The molecule has 0 aliphatic rings. The molecule has 0 fully saturated rings. The van der Waals surface area contributed by atoms with E-state index in [4.69, 9.17) is 11.5 Å². The van der Waals surface area contributed by atoms with Crippen molar-refractivity contribution in [3.63, 3.8) is 0 Å². The standard InChI is InChI=1S/C20H29N5O2/c1-13(2)10-18(25-19(26)16(22)7-5-9-21)20(27)24-15-11-14-6-3-4-8-17(14)23-12-15/h3-4,6,8,11-13,16,18H,5,7,9-10,21-22H2,1-2H3,(H,24,27)(H,25,26)/t16-,18-/m0/s1. The van der Waals surface area contributed by atoms with Crippen LogP contribution in [0, 0.1) is 5.92 Å². The summed E-state index contributed by atoms with van der Waals surface area (Å²) in [6, 6.07) is 8.20. The maximum atomic E-state index is 12.7. The SMILES string of the molecule is CC(C)C[C@H](NC(=O)[C@@H](N)CCCN)C(=O)Nc1cnc2ccccc2c1. The van der Waals surface area contributed by atoms with Gasteiger partial charge < -0.3 is 22.1 Å². The van der Waals surface area contributed by atoms with Crippen LogP contribution in [-0.4, -0.2) is 35.4 Å². The molecule has 1 aromatic carbocycles. The van der Waals surface area contributed by atoms with Gasteiger partial charge in [-0.05, 0) is 43.9 Å².